The smallest absolute Gasteiger partial charge is 0.186 e. The Hall–Kier alpha value is -1.98. The zero-order valence-electron chi connectivity index (χ0n) is 11.4. The van der Waals surface area contributed by atoms with E-state index in [9.17, 15) is 4.39 Å². The maximum atomic E-state index is 13.8. The summed E-state index contributed by atoms with van der Waals surface area (Å²) in [4.78, 5) is 12.6. The summed E-state index contributed by atoms with van der Waals surface area (Å²) in [6, 6.07) is 0. The van der Waals surface area contributed by atoms with Crippen molar-refractivity contribution in [3.8, 4) is 11.5 Å². The zero-order valence-corrected chi connectivity index (χ0v) is 11.4. The lowest BCUT2D eigenvalue weighted by atomic mass is 10.3. The highest BCUT2D eigenvalue weighted by atomic mass is 19.1. The molecule has 2 rings (SSSR count). The van der Waals surface area contributed by atoms with Crippen LogP contribution in [-0.4, -0.2) is 26.1 Å². The standard InChI is InChI=1S/C13H18FN5/c1-4-6-19-8-15-7-10(19)12-17-9(3)11(14)13(18-12)16-5-2/h7-8H,4-6H2,1-3H3,(H,16,17,18). The van der Waals surface area contributed by atoms with Crippen molar-refractivity contribution in [3.05, 3.63) is 24.0 Å². The molecule has 6 heteroatoms. The fourth-order valence-corrected chi connectivity index (χ4v) is 1.88. The largest absolute Gasteiger partial charge is 0.368 e. The van der Waals surface area contributed by atoms with E-state index in [0.29, 0.717) is 18.1 Å². The van der Waals surface area contributed by atoms with Gasteiger partial charge in [0.05, 0.1) is 18.2 Å². The van der Waals surface area contributed by atoms with Crippen LogP contribution in [0.1, 0.15) is 26.0 Å². The van der Waals surface area contributed by atoms with Crippen LogP contribution in [0.2, 0.25) is 0 Å². The number of imidazole rings is 1. The highest BCUT2D eigenvalue weighted by Gasteiger charge is 2.14. The van der Waals surface area contributed by atoms with Gasteiger partial charge in [-0.25, -0.2) is 19.3 Å². The predicted octanol–water partition coefficient (Wildman–Crippen LogP) is 2.63. The van der Waals surface area contributed by atoms with Crippen LogP contribution in [0.5, 0.6) is 0 Å². The number of halogens is 1. The quantitative estimate of drug-likeness (QED) is 0.901. The van der Waals surface area contributed by atoms with Gasteiger partial charge in [-0.1, -0.05) is 6.92 Å². The van der Waals surface area contributed by atoms with Gasteiger partial charge in [-0.3, -0.25) is 0 Å². The molecule has 19 heavy (non-hydrogen) atoms. The van der Waals surface area contributed by atoms with Crippen LogP contribution in [0, 0.1) is 12.7 Å². The minimum atomic E-state index is -0.396. The molecule has 0 aliphatic rings. The monoisotopic (exact) mass is 263 g/mol. The molecule has 0 amide bonds. The van der Waals surface area contributed by atoms with E-state index >= 15 is 0 Å². The number of nitrogens with zero attached hydrogens (tertiary/aromatic N) is 4. The molecule has 2 aromatic rings. The van der Waals surface area contributed by atoms with Crippen molar-refractivity contribution < 1.29 is 4.39 Å². The molecule has 0 aliphatic heterocycles. The van der Waals surface area contributed by atoms with E-state index in [1.807, 2.05) is 11.5 Å². The maximum Gasteiger partial charge on any atom is 0.186 e. The Morgan fingerprint density at radius 3 is 2.79 bits per heavy atom. The third-order valence-corrected chi connectivity index (χ3v) is 2.77. The number of rotatable bonds is 5. The van der Waals surface area contributed by atoms with Gasteiger partial charge in [0.25, 0.3) is 0 Å². The molecule has 0 unspecified atom stereocenters. The first-order valence-electron chi connectivity index (χ1n) is 6.45. The Balaban J connectivity index is 2.47. The average molecular weight is 263 g/mol. The first kappa shape index (κ1) is 13.5. The average Bonchev–Trinajstić information content (AvgIpc) is 2.84. The minimum absolute atomic E-state index is 0.245. The van der Waals surface area contributed by atoms with Crippen molar-refractivity contribution >= 4 is 5.82 Å². The lowest BCUT2D eigenvalue weighted by molar-refractivity contribution is 0.605. The third kappa shape index (κ3) is 2.72. The van der Waals surface area contributed by atoms with Gasteiger partial charge < -0.3 is 9.88 Å². The maximum absolute atomic E-state index is 13.8. The van der Waals surface area contributed by atoms with Crippen LogP contribution in [0.15, 0.2) is 12.5 Å². The number of nitrogens with one attached hydrogen (secondary N) is 1. The van der Waals surface area contributed by atoms with Crippen LogP contribution in [0.3, 0.4) is 0 Å². The van der Waals surface area contributed by atoms with Crippen LogP contribution in [0.25, 0.3) is 11.5 Å². The van der Waals surface area contributed by atoms with Gasteiger partial charge in [-0.2, -0.15) is 0 Å². The number of hydrogen-bond donors (Lipinski definition) is 1. The summed E-state index contributed by atoms with van der Waals surface area (Å²) >= 11 is 0. The molecule has 0 saturated heterocycles. The third-order valence-electron chi connectivity index (χ3n) is 2.77. The van der Waals surface area contributed by atoms with Gasteiger partial charge in [-0.15, -0.1) is 0 Å². The van der Waals surface area contributed by atoms with Crippen LogP contribution in [0.4, 0.5) is 10.2 Å². The zero-order chi connectivity index (χ0) is 13.8. The second kappa shape index (κ2) is 5.77. The second-order valence-electron chi connectivity index (χ2n) is 4.30. The van der Waals surface area contributed by atoms with Crippen molar-refractivity contribution in [1.29, 1.82) is 0 Å². The predicted molar refractivity (Wildman–Crippen MR) is 72.4 cm³/mol. The van der Waals surface area contributed by atoms with Gasteiger partial charge in [0, 0.05) is 13.1 Å². The molecule has 0 saturated carbocycles. The first-order valence-corrected chi connectivity index (χ1v) is 6.45. The van der Waals surface area contributed by atoms with E-state index in [4.69, 9.17) is 0 Å². The highest BCUT2D eigenvalue weighted by molar-refractivity contribution is 5.53. The molecule has 0 aromatic carbocycles. The SMILES string of the molecule is CCCn1cncc1-c1nc(C)c(F)c(NCC)n1. The molecule has 2 heterocycles. The molecule has 0 spiro atoms. The molecule has 0 radical (unpaired) electrons. The Morgan fingerprint density at radius 1 is 1.32 bits per heavy atom. The molecule has 102 valence electrons. The van der Waals surface area contributed by atoms with Crippen molar-refractivity contribution in [2.24, 2.45) is 0 Å². The molecule has 0 fully saturated rings. The number of hydrogen-bond acceptors (Lipinski definition) is 4. The number of aromatic nitrogens is 4. The molecule has 2 aromatic heterocycles. The van der Waals surface area contributed by atoms with Crippen molar-refractivity contribution in [2.45, 2.75) is 33.7 Å². The molecule has 0 atom stereocenters. The van der Waals surface area contributed by atoms with Crippen LogP contribution in [-0.2, 0) is 6.54 Å². The van der Waals surface area contributed by atoms with E-state index in [0.717, 1.165) is 18.7 Å². The summed E-state index contributed by atoms with van der Waals surface area (Å²) in [7, 11) is 0. The van der Waals surface area contributed by atoms with Gasteiger partial charge in [0.15, 0.2) is 17.5 Å². The molecule has 0 bridgehead atoms. The molecule has 0 aliphatic carbocycles. The second-order valence-corrected chi connectivity index (χ2v) is 4.30. The number of aryl methyl sites for hydroxylation is 2. The van der Waals surface area contributed by atoms with E-state index in [1.54, 1.807) is 19.4 Å². The van der Waals surface area contributed by atoms with Gasteiger partial charge in [0.2, 0.25) is 0 Å². The Kier molecular flexibility index (Phi) is 4.09. The van der Waals surface area contributed by atoms with E-state index in [1.165, 1.54) is 0 Å². The van der Waals surface area contributed by atoms with E-state index < -0.39 is 5.82 Å². The molecular formula is C13H18FN5. The Bertz CT molecular complexity index is 564. The molecular weight excluding hydrogens is 245 g/mol. The molecule has 1 N–H and O–H groups in total. The highest BCUT2D eigenvalue weighted by Crippen LogP contribution is 2.21. The summed E-state index contributed by atoms with van der Waals surface area (Å²) in [5.41, 5.74) is 1.15. The van der Waals surface area contributed by atoms with Crippen LogP contribution < -0.4 is 5.32 Å². The normalized spacial score (nSPS) is 10.7. The fourth-order valence-electron chi connectivity index (χ4n) is 1.88. The molecule has 5 nitrogen and oxygen atoms in total. The fraction of sp³-hybridized carbons (Fsp3) is 0.462. The lowest BCUT2D eigenvalue weighted by Gasteiger charge is -2.10. The lowest BCUT2D eigenvalue weighted by Crippen LogP contribution is -2.08. The summed E-state index contributed by atoms with van der Waals surface area (Å²) in [6.07, 6.45) is 4.44. The van der Waals surface area contributed by atoms with Gasteiger partial charge >= 0.3 is 0 Å². The topological polar surface area (TPSA) is 55.6 Å². The number of anilines is 1. The summed E-state index contributed by atoms with van der Waals surface area (Å²) < 4.78 is 15.8. The van der Waals surface area contributed by atoms with E-state index in [-0.39, 0.29) is 5.82 Å². The van der Waals surface area contributed by atoms with E-state index in [2.05, 4.69) is 27.2 Å². The van der Waals surface area contributed by atoms with Crippen LogP contribution >= 0.6 is 0 Å². The Labute approximate surface area is 111 Å². The summed E-state index contributed by atoms with van der Waals surface area (Å²) in [6.45, 7) is 7.08. The van der Waals surface area contributed by atoms with Gasteiger partial charge in [0.1, 0.15) is 5.69 Å². The minimum Gasteiger partial charge on any atom is -0.368 e. The summed E-state index contributed by atoms with van der Waals surface area (Å²) in [5.74, 6) is 0.349. The summed E-state index contributed by atoms with van der Waals surface area (Å²) in [5, 5.41) is 2.91. The van der Waals surface area contributed by atoms with Crippen molar-refractivity contribution in [2.75, 3.05) is 11.9 Å². The van der Waals surface area contributed by atoms with Crippen molar-refractivity contribution in [1.82, 2.24) is 19.5 Å². The van der Waals surface area contributed by atoms with Gasteiger partial charge in [-0.05, 0) is 20.3 Å². The Morgan fingerprint density at radius 2 is 2.11 bits per heavy atom. The van der Waals surface area contributed by atoms with Crippen molar-refractivity contribution in [3.63, 3.8) is 0 Å². The first-order chi connectivity index (χ1) is 9.17.